The van der Waals surface area contributed by atoms with Crippen LogP contribution in [0.1, 0.15) is 290 Å². The van der Waals surface area contributed by atoms with E-state index in [9.17, 15) is 14.4 Å². The van der Waals surface area contributed by atoms with E-state index in [-0.39, 0.29) is 31.1 Å². The average Bonchev–Trinajstić information content (AvgIpc) is 3.43. The first-order chi connectivity index (χ1) is 38.0. The lowest BCUT2D eigenvalue weighted by Crippen LogP contribution is -2.30. The van der Waals surface area contributed by atoms with Crippen LogP contribution in [0.15, 0.2) is 122 Å². The molecule has 0 bridgehead atoms. The summed E-state index contributed by atoms with van der Waals surface area (Å²) in [5, 5.41) is 0. The molecule has 0 aromatic rings. The fourth-order valence-corrected chi connectivity index (χ4v) is 8.73. The molecular weight excluding hydrogens is 949 g/mol. The van der Waals surface area contributed by atoms with Crippen LogP contribution < -0.4 is 0 Å². The lowest BCUT2D eigenvalue weighted by atomic mass is 10.0. The van der Waals surface area contributed by atoms with Crippen molar-refractivity contribution >= 4 is 17.9 Å². The maximum Gasteiger partial charge on any atom is 0.306 e. The average molecular weight is 1070 g/mol. The van der Waals surface area contributed by atoms with E-state index < -0.39 is 6.10 Å². The molecule has 0 aliphatic carbocycles. The molecule has 0 heterocycles. The van der Waals surface area contributed by atoms with Gasteiger partial charge in [0.1, 0.15) is 13.2 Å². The summed E-state index contributed by atoms with van der Waals surface area (Å²) in [5.41, 5.74) is 0. The predicted octanol–water partition coefficient (Wildman–Crippen LogP) is 22.0. The number of hydrogen-bond donors (Lipinski definition) is 0. The number of ether oxygens (including phenoxy) is 3. The first-order valence-electron chi connectivity index (χ1n) is 32.0. The van der Waals surface area contributed by atoms with Gasteiger partial charge in [0.05, 0.1) is 0 Å². The highest BCUT2D eigenvalue weighted by molar-refractivity contribution is 5.71. The minimum absolute atomic E-state index is 0.107. The third-order valence-electron chi connectivity index (χ3n) is 13.5. The quantitative estimate of drug-likeness (QED) is 0.0261. The number of hydrogen-bond acceptors (Lipinski definition) is 6. The van der Waals surface area contributed by atoms with Gasteiger partial charge in [-0.25, -0.2) is 0 Å². The van der Waals surface area contributed by atoms with Gasteiger partial charge < -0.3 is 14.2 Å². The van der Waals surface area contributed by atoms with E-state index in [1.807, 2.05) is 0 Å². The summed E-state index contributed by atoms with van der Waals surface area (Å²) in [7, 11) is 0. The SMILES string of the molecule is CC/C=C\C/C=C\C/C=C\C/C=C\C/C=C\CCCCCC(=O)OCC(COC(=O)CCCCC/C=C\C/C=C\C/C=C\C/C=C\C/C=C\CC)OC(=O)CCCCCCCCCCCCCCCCCCCCCCC. The molecule has 0 amide bonds. The van der Waals surface area contributed by atoms with Gasteiger partial charge in [-0.2, -0.15) is 0 Å². The Morgan fingerprint density at radius 1 is 0.273 bits per heavy atom. The second-order valence-electron chi connectivity index (χ2n) is 20.9. The monoisotopic (exact) mass is 1070 g/mol. The highest BCUT2D eigenvalue weighted by Gasteiger charge is 2.19. The molecule has 0 aliphatic heterocycles. The van der Waals surface area contributed by atoms with Crippen LogP contribution >= 0.6 is 0 Å². The standard InChI is InChI=1S/C71H118O6/c1-4-7-10-13-16-19-22-25-28-31-34-35-38-41-44-47-50-53-56-59-62-65-71(74)77-68(66-75-69(72)63-60-57-54-51-48-45-42-39-36-32-29-26-23-20-17-14-11-8-5-2)67-76-70(73)64-61-58-55-52-49-46-43-40-37-33-30-27-24-21-18-15-12-9-6-3/h8-9,11-12,17-18,20-21,26-27,29-30,36-37,39-40,45-46,48-49,68H,4-7,10,13-16,19,22-25,28,31-35,38,41-44,47,50-67H2,1-3H3/b11-8-,12-9-,20-17-,21-18-,29-26-,30-27-,39-36-,40-37-,48-45-,49-46-. The summed E-state index contributed by atoms with van der Waals surface area (Å²) in [6, 6.07) is 0. The zero-order valence-electron chi connectivity index (χ0n) is 50.2. The molecule has 77 heavy (non-hydrogen) atoms. The molecule has 438 valence electrons. The molecule has 6 heteroatoms. The van der Waals surface area contributed by atoms with E-state index in [2.05, 4.69) is 142 Å². The first-order valence-corrected chi connectivity index (χ1v) is 32.0. The summed E-state index contributed by atoms with van der Waals surface area (Å²) in [6.07, 6.45) is 89.2. The Morgan fingerprint density at radius 3 is 0.792 bits per heavy atom. The Bertz CT molecular complexity index is 1510. The second kappa shape index (κ2) is 64.3. The lowest BCUT2D eigenvalue weighted by Gasteiger charge is -2.18. The van der Waals surface area contributed by atoms with Crippen LogP contribution in [0.25, 0.3) is 0 Å². The maximum absolute atomic E-state index is 12.9. The van der Waals surface area contributed by atoms with Crippen molar-refractivity contribution in [2.24, 2.45) is 0 Å². The Kier molecular flexibility index (Phi) is 60.8. The van der Waals surface area contributed by atoms with E-state index in [0.29, 0.717) is 19.3 Å². The Labute approximate surface area is 475 Å². The minimum Gasteiger partial charge on any atom is -0.462 e. The molecule has 0 aromatic carbocycles. The number of rotatable bonds is 57. The summed E-state index contributed by atoms with van der Waals surface area (Å²) in [5.74, 6) is -0.960. The molecule has 0 N–H and O–H groups in total. The van der Waals surface area contributed by atoms with Gasteiger partial charge in [0.2, 0.25) is 0 Å². The van der Waals surface area contributed by atoms with Crippen LogP contribution in [0.5, 0.6) is 0 Å². The van der Waals surface area contributed by atoms with Crippen molar-refractivity contribution in [2.75, 3.05) is 13.2 Å². The Morgan fingerprint density at radius 2 is 0.506 bits per heavy atom. The summed E-state index contributed by atoms with van der Waals surface area (Å²) < 4.78 is 16.9. The van der Waals surface area contributed by atoms with E-state index in [1.165, 1.54) is 116 Å². The van der Waals surface area contributed by atoms with Gasteiger partial charge in [0.15, 0.2) is 6.10 Å². The van der Waals surface area contributed by atoms with Crippen molar-refractivity contribution in [1.29, 1.82) is 0 Å². The van der Waals surface area contributed by atoms with Gasteiger partial charge in [0, 0.05) is 19.3 Å². The maximum atomic E-state index is 12.9. The van der Waals surface area contributed by atoms with Gasteiger partial charge in [-0.05, 0) is 109 Å². The van der Waals surface area contributed by atoms with Crippen molar-refractivity contribution in [3.05, 3.63) is 122 Å². The van der Waals surface area contributed by atoms with Gasteiger partial charge in [0.25, 0.3) is 0 Å². The van der Waals surface area contributed by atoms with Crippen LogP contribution in [0, 0.1) is 0 Å². The highest BCUT2D eigenvalue weighted by atomic mass is 16.6. The minimum atomic E-state index is -0.809. The third kappa shape index (κ3) is 62.5. The number of carbonyl (C=O) groups excluding carboxylic acids is 3. The smallest absolute Gasteiger partial charge is 0.306 e. The third-order valence-corrected chi connectivity index (χ3v) is 13.5. The number of allylic oxidation sites excluding steroid dienone is 20. The van der Waals surface area contributed by atoms with Crippen molar-refractivity contribution in [1.82, 2.24) is 0 Å². The zero-order valence-corrected chi connectivity index (χ0v) is 50.2. The summed E-state index contributed by atoms with van der Waals surface area (Å²) in [4.78, 5) is 38.3. The first kappa shape index (κ1) is 72.8. The van der Waals surface area contributed by atoms with Crippen molar-refractivity contribution < 1.29 is 28.6 Å². The number of carbonyl (C=O) groups is 3. The van der Waals surface area contributed by atoms with Crippen molar-refractivity contribution in [3.8, 4) is 0 Å². The summed E-state index contributed by atoms with van der Waals surface area (Å²) in [6.45, 7) is 6.38. The van der Waals surface area contributed by atoms with E-state index in [1.54, 1.807) is 0 Å². The van der Waals surface area contributed by atoms with Crippen molar-refractivity contribution in [3.63, 3.8) is 0 Å². The highest BCUT2D eigenvalue weighted by Crippen LogP contribution is 2.16. The van der Waals surface area contributed by atoms with Crippen LogP contribution in [0.4, 0.5) is 0 Å². The van der Waals surface area contributed by atoms with Gasteiger partial charge in [-0.1, -0.05) is 284 Å². The molecule has 0 rings (SSSR count). The lowest BCUT2D eigenvalue weighted by molar-refractivity contribution is -0.167. The normalized spacial score (nSPS) is 12.6. The molecule has 0 radical (unpaired) electrons. The molecule has 6 nitrogen and oxygen atoms in total. The Hall–Kier alpha value is -4.19. The fraction of sp³-hybridized carbons (Fsp3) is 0.676. The van der Waals surface area contributed by atoms with Crippen LogP contribution in [-0.2, 0) is 28.6 Å². The molecule has 0 fully saturated rings. The van der Waals surface area contributed by atoms with E-state index in [0.717, 1.165) is 135 Å². The van der Waals surface area contributed by atoms with E-state index >= 15 is 0 Å². The van der Waals surface area contributed by atoms with Crippen LogP contribution in [0.2, 0.25) is 0 Å². The molecule has 0 aliphatic rings. The Balaban J connectivity index is 4.49. The molecule has 0 spiro atoms. The molecule has 0 unspecified atom stereocenters. The molecular formula is C71H118O6. The molecule has 0 atom stereocenters. The molecule has 0 saturated carbocycles. The molecule has 0 aromatic heterocycles. The fourth-order valence-electron chi connectivity index (χ4n) is 8.73. The van der Waals surface area contributed by atoms with Crippen LogP contribution in [-0.4, -0.2) is 37.2 Å². The van der Waals surface area contributed by atoms with E-state index in [4.69, 9.17) is 14.2 Å². The zero-order chi connectivity index (χ0) is 55.7. The van der Waals surface area contributed by atoms with Gasteiger partial charge in [-0.15, -0.1) is 0 Å². The summed E-state index contributed by atoms with van der Waals surface area (Å²) >= 11 is 0. The largest absolute Gasteiger partial charge is 0.462 e. The number of unbranched alkanes of at least 4 members (excludes halogenated alkanes) is 26. The second-order valence-corrected chi connectivity index (χ2v) is 20.9. The topological polar surface area (TPSA) is 78.9 Å². The van der Waals surface area contributed by atoms with Gasteiger partial charge >= 0.3 is 17.9 Å². The van der Waals surface area contributed by atoms with Crippen molar-refractivity contribution in [2.45, 2.75) is 297 Å². The number of esters is 3. The van der Waals surface area contributed by atoms with Gasteiger partial charge in [-0.3, -0.25) is 14.4 Å². The molecule has 0 saturated heterocycles. The predicted molar refractivity (Wildman–Crippen MR) is 334 cm³/mol. The van der Waals surface area contributed by atoms with Crippen LogP contribution in [0.3, 0.4) is 0 Å².